The molecule has 0 bridgehead atoms. The quantitative estimate of drug-likeness (QED) is 0.261. The third-order valence-electron chi connectivity index (χ3n) is 8.26. The van der Waals surface area contributed by atoms with Crippen LogP contribution in [0.1, 0.15) is 57.4 Å². The van der Waals surface area contributed by atoms with Crippen molar-refractivity contribution < 1.29 is 4.43 Å². The van der Waals surface area contributed by atoms with Crippen LogP contribution in [0.15, 0.2) is 83.3 Å². The second-order valence-electron chi connectivity index (χ2n) is 12.2. The van der Waals surface area contributed by atoms with Crippen molar-refractivity contribution in [1.82, 2.24) is 9.80 Å². The highest BCUT2D eigenvalue weighted by Crippen LogP contribution is 2.39. The van der Waals surface area contributed by atoms with Crippen molar-refractivity contribution in [2.75, 3.05) is 13.1 Å². The molecule has 3 nitrogen and oxygen atoms in total. The van der Waals surface area contributed by atoms with Crippen molar-refractivity contribution >= 4 is 24.2 Å². The maximum atomic E-state index is 6.74. The van der Waals surface area contributed by atoms with Crippen LogP contribution in [-0.4, -0.2) is 43.3 Å². The maximum absolute atomic E-state index is 6.74. The molecule has 0 aliphatic carbocycles. The molecule has 0 saturated carbocycles. The largest absolute Gasteiger partial charge is 0.543 e. The van der Waals surface area contributed by atoms with Gasteiger partial charge in [-0.05, 0) is 72.9 Å². The second-order valence-corrected chi connectivity index (χ2v) is 17.8. The number of rotatable bonds is 7. The summed E-state index contributed by atoms with van der Waals surface area (Å²) >= 11 is 3.64. The number of halogens is 1. The van der Waals surface area contributed by atoms with Crippen molar-refractivity contribution in [3.63, 3.8) is 0 Å². The Morgan fingerprint density at radius 1 is 0.865 bits per heavy atom. The zero-order chi connectivity index (χ0) is 26.8. The summed E-state index contributed by atoms with van der Waals surface area (Å²) in [6.45, 7) is 19.3. The topological polar surface area (TPSA) is 15.7 Å². The molecule has 1 fully saturated rings. The summed E-state index contributed by atoms with van der Waals surface area (Å²) in [5.74, 6) is 0.995. The van der Waals surface area contributed by atoms with Gasteiger partial charge in [0.25, 0.3) is 0 Å². The summed E-state index contributed by atoms with van der Waals surface area (Å²) in [6.07, 6.45) is 0. The third kappa shape index (κ3) is 6.75. The van der Waals surface area contributed by atoms with E-state index in [0.717, 1.165) is 29.9 Å². The van der Waals surface area contributed by atoms with Gasteiger partial charge in [-0.15, -0.1) is 0 Å². The molecule has 0 unspecified atom stereocenters. The first kappa shape index (κ1) is 28.1. The van der Waals surface area contributed by atoms with Crippen LogP contribution in [0.3, 0.4) is 0 Å². The predicted molar refractivity (Wildman–Crippen MR) is 163 cm³/mol. The van der Waals surface area contributed by atoms with Gasteiger partial charge in [0.05, 0.1) is 6.04 Å². The maximum Gasteiger partial charge on any atom is 0.250 e. The molecule has 37 heavy (non-hydrogen) atoms. The molecule has 1 heterocycles. The summed E-state index contributed by atoms with van der Waals surface area (Å²) in [7, 11) is -1.93. The van der Waals surface area contributed by atoms with Gasteiger partial charge in [0.1, 0.15) is 5.75 Å². The van der Waals surface area contributed by atoms with Crippen LogP contribution in [0.2, 0.25) is 18.1 Å². The molecule has 1 saturated heterocycles. The average molecular weight is 580 g/mol. The van der Waals surface area contributed by atoms with E-state index in [2.05, 4.69) is 152 Å². The summed E-state index contributed by atoms with van der Waals surface area (Å²) in [4.78, 5) is 5.33. The molecule has 0 N–H and O–H groups in total. The van der Waals surface area contributed by atoms with E-state index in [4.69, 9.17) is 4.43 Å². The monoisotopic (exact) mass is 578 g/mol. The van der Waals surface area contributed by atoms with E-state index in [0.29, 0.717) is 12.1 Å². The Kier molecular flexibility index (Phi) is 8.69. The zero-order valence-electron chi connectivity index (χ0n) is 23.5. The van der Waals surface area contributed by atoms with E-state index >= 15 is 0 Å². The zero-order valence-corrected chi connectivity index (χ0v) is 26.1. The lowest BCUT2D eigenvalue weighted by atomic mass is 9.93. The Bertz CT molecular complexity index is 1160. The molecular formula is C32H43BrN2OSi. The van der Waals surface area contributed by atoms with E-state index < -0.39 is 8.32 Å². The van der Waals surface area contributed by atoms with Gasteiger partial charge in [0, 0.05) is 36.2 Å². The van der Waals surface area contributed by atoms with Gasteiger partial charge in [-0.25, -0.2) is 0 Å². The highest BCUT2D eigenvalue weighted by molar-refractivity contribution is 9.10. The molecule has 4 rings (SSSR count). The van der Waals surface area contributed by atoms with Crippen LogP contribution in [0.4, 0.5) is 0 Å². The molecule has 198 valence electrons. The van der Waals surface area contributed by atoms with Gasteiger partial charge < -0.3 is 4.43 Å². The van der Waals surface area contributed by atoms with Crippen LogP contribution in [-0.2, 0) is 6.54 Å². The Labute approximate surface area is 234 Å². The fourth-order valence-corrected chi connectivity index (χ4v) is 6.33. The van der Waals surface area contributed by atoms with Crippen LogP contribution >= 0.6 is 15.9 Å². The lowest BCUT2D eigenvalue weighted by Gasteiger charge is -2.48. The van der Waals surface area contributed by atoms with Gasteiger partial charge in [-0.1, -0.05) is 91.3 Å². The fraction of sp³-hybridized carbons (Fsp3) is 0.438. The van der Waals surface area contributed by atoms with Crippen molar-refractivity contribution in [3.05, 3.63) is 100 Å². The molecule has 3 aromatic rings. The molecule has 0 aromatic heterocycles. The first-order valence-corrected chi connectivity index (χ1v) is 17.2. The van der Waals surface area contributed by atoms with E-state index in [1.165, 1.54) is 16.7 Å². The minimum Gasteiger partial charge on any atom is -0.543 e. The van der Waals surface area contributed by atoms with Gasteiger partial charge >= 0.3 is 0 Å². The minimum atomic E-state index is -1.93. The van der Waals surface area contributed by atoms with Crippen LogP contribution < -0.4 is 4.43 Å². The van der Waals surface area contributed by atoms with Crippen LogP contribution in [0, 0.1) is 0 Å². The molecule has 0 amide bonds. The second kappa shape index (κ2) is 11.4. The summed E-state index contributed by atoms with van der Waals surface area (Å²) in [6, 6.07) is 29.6. The SMILES string of the molecule is C[C@@H]1CN([C@H](c2ccc(Br)cc2)c2cccc(O[Si](C)(C)C(C)(C)C)c2)[C@@H](C)CN1Cc1ccccc1. The molecule has 1 aliphatic rings. The van der Waals surface area contributed by atoms with Crippen molar-refractivity contribution in [2.24, 2.45) is 0 Å². The lowest BCUT2D eigenvalue weighted by molar-refractivity contribution is 0.0195. The Morgan fingerprint density at radius 3 is 2.19 bits per heavy atom. The van der Waals surface area contributed by atoms with Gasteiger partial charge in [0.2, 0.25) is 8.32 Å². The summed E-state index contributed by atoms with van der Waals surface area (Å²) < 4.78 is 7.85. The highest BCUT2D eigenvalue weighted by Gasteiger charge is 2.39. The van der Waals surface area contributed by atoms with Crippen molar-refractivity contribution in [2.45, 2.75) is 77.4 Å². The third-order valence-corrected chi connectivity index (χ3v) is 13.1. The fourth-order valence-electron chi connectivity index (χ4n) is 5.04. The van der Waals surface area contributed by atoms with Crippen molar-refractivity contribution in [3.8, 4) is 5.75 Å². The van der Waals surface area contributed by atoms with Crippen molar-refractivity contribution in [1.29, 1.82) is 0 Å². The Morgan fingerprint density at radius 2 is 1.54 bits per heavy atom. The molecule has 1 aliphatic heterocycles. The lowest BCUT2D eigenvalue weighted by Crippen LogP contribution is -2.56. The number of nitrogens with zero attached hydrogens (tertiary/aromatic N) is 2. The number of benzene rings is 3. The number of hydrogen-bond donors (Lipinski definition) is 0. The molecular weight excluding hydrogens is 536 g/mol. The van der Waals surface area contributed by atoms with Gasteiger partial charge in [0.15, 0.2) is 0 Å². The summed E-state index contributed by atoms with van der Waals surface area (Å²) in [5.41, 5.74) is 4.01. The Balaban J connectivity index is 1.64. The molecule has 3 atom stereocenters. The number of hydrogen-bond acceptors (Lipinski definition) is 3. The van der Waals surface area contributed by atoms with E-state index in [9.17, 15) is 0 Å². The normalized spacial score (nSPS) is 20.5. The molecule has 0 radical (unpaired) electrons. The minimum absolute atomic E-state index is 0.160. The average Bonchev–Trinajstić information content (AvgIpc) is 2.83. The molecule has 5 heteroatoms. The number of piperazine rings is 1. The first-order valence-electron chi connectivity index (χ1n) is 13.5. The van der Waals surface area contributed by atoms with E-state index in [1.807, 2.05) is 0 Å². The highest BCUT2D eigenvalue weighted by atomic mass is 79.9. The molecule has 3 aromatic carbocycles. The van der Waals surface area contributed by atoms with E-state index in [1.54, 1.807) is 0 Å². The standard InChI is InChI=1S/C32H43BrN2OSi/c1-24-22-35(25(2)21-34(24)23-26-12-9-8-10-13-26)31(27-16-18-29(33)19-17-27)28-14-11-15-30(20-28)36-37(6,7)32(3,4)5/h8-20,24-25,31H,21-23H2,1-7H3/t24-,25+,31-/m1/s1. The van der Waals surface area contributed by atoms with Gasteiger partial charge in [-0.3, -0.25) is 9.80 Å². The first-order chi connectivity index (χ1) is 17.4. The van der Waals surface area contributed by atoms with Crippen LogP contribution in [0.5, 0.6) is 5.75 Å². The molecule has 0 spiro atoms. The summed E-state index contributed by atoms with van der Waals surface area (Å²) in [5, 5.41) is 0.160. The Hall–Kier alpha value is -1.92. The van der Waals surface area contributed by atoms with E-state index in [-0.39, 0.29) is 11.1 Å². The van der Waals surface area contributed by atoms with Gasteiger partial charge in [-0.2, -0.15) is 0 Å². The van der Waals surface area contributed by atoms with Crippen LogP contribution in [0.25, 0.3) is 0 Å². The smallest absolute Gasteiger partial charge is 0.250 e. The predicted octanol–water partition coefficient (Wildman–Crippen LogP) is 8.52.